The third kappa shape index (κ3) is 3.26. The van der Waals surface area contributed by atoms with Crippen LogP contribution in [0.4, 0.5) is 16.2 Å². The number of aromatic nitrogens is 3. The van der Waals surface area contributed by atoms with E-state index in [1.807, 2.05) is 48.7 Å². The molecule has 0 N–H and O–H groups in total. The topological polar surface area (TPSA) is 77.0 Å². The first-order valence-corrected chi connectivity index (χ1v) is 11.5. The van der Waals surface area contributed by atoms with Crippen molar-refractivity contribution in [1.82, 2.24) is 19.0 Å². The molecule has 2 aromatic carbocycles. The fourth-order valence-electron chi connectivity index (χ4n) is 4.97. The summed E-state index contributed by atoms with van der Waals surface area (Å²) in [7, 11) is 2.94. The van der Waals surface area contributed by atoms with E-state index in [0.29, 0.717) is 12.2 Å². The number of carbonyl (C=O) groups is 2. The van der Waals surface area contributed by atoms with E-state index in [-0.39, 0.29) is 12.6 Å². The fourth-order valence-corrected chi connectivity index (χ4v) is 4.97. The molecule has 6 rings (SSSR count). The maximum absolute atomic E-state index is 12.9. The van der Waals surface area contributed by atoms with Gasteiger partial charge in [0.1, 0.15) is 6.04 Å². The Kier molecular flexibility index (Phi) is 4.90. The van der Waals surface area contributed by atoms with E-state index in [4.69, 9.17) is 11.3 Å². The number of esters is 1. The Balaban J connectivity index is 1.40. The number of amides is 2. The second kappa shape index (κ2) is 8.13. The van der Waals surface area contributed by atoms with E-state index < -0.39 is 12.0 Å². The SMILES string of the molecule is [C-]#[N+]c1ccc(-c2cc3n(c2)Cc2cc(N4C[C@@H](C(=O)OC)N(C)C4=O)ccc2-n2ccnc2-3)cc1. The number of anilines is 1. The summed E-state index contributed by atoms with van der Waals surface area (Å²) < 4.78 is 9.09. The van der Waals surface area contributed by atoms with E-state index >= 15 is 0 Å². The van der Waals surface area contributed by atoms with Crippen molar-refractivity contribution in [3.05, 3.63) is 84.1 Å². The molecule has 0 unspecified atom stereocenters. The molecular weight excluding hydrogens is 456 g/mol. The van der Waals surface area contributed by atoms with Gasteiger partial charge in [-0.2, -0.15) is 0 Å². The van der Waals surface area contributed by atoms with Crippen LogP contribution in [0.2, 0.25) is 0 Å². The lowest BCUT2D eigenvalue weighted by Gasteiger charge is -2.18. The van der Waals surface area contributed by atoms with Crippen LogP contribution in [0.5, 0.6) is 0 Å². The summed E-state index contributed by atoms with van der Waals surface area (Å²) in [5.74, 6) is 0.397. The quantitative estimate of drug-likeness (QED) is 0.286. The molecule has 1 fully saturated rings. The molecule has 1 atom stereocenters. The largest absolute Gasteiger partial charge is 0.467 e. The van der Waals surface area contributed by atoms with Gasteiger partial charge in [0.05, 0.1) is 31.6 Å². The number of nitrogens with zero attached hydrogens (tertiary/aromatic N) is 6. The van der Waals surface area contributed by atoms with Crippen molar-refractivity contribution in [2.24, 2.45) is 0 Å². The van der Waals surface area contributed by atoms with Crippen LogP contribution in [0, 0.1) is 6.57 Å². The van der Waals surface area contributed by atoms with E-state index in [2.05, 4.69) is 31.2 Å². The first-order chi connectivity index (χ1) is 17.5. The van der Waals surface area contributed by atoms with Crippen LogP contribution in [0.1, 0.15) is 5.56 Å². The number of carbonyl (C=O) groups excluding carboxylic acids is 2. The molecular formula is C27H22N6O3. The van der Waals surface area contributed by atoms with Crippen LogP contribution in [0.15, 0.2) is 67.1 Å². The van der Waals surface area contributed by atoms with Crippen molar-refractivity contribution in [3.63, 3.8) is 0 Å². The van der Waals surface area contributed by atoms with Gasteiger partial charge in [0.2, 0.25) is 0 Å². The maximum atomic E-state index is 12.9. The molecule has 0 aliphatic carbocycles. The summed E-state index contributed by atoms with van der Waals surface area (Å²) >= 11 is 0. The summed E-state index contributed by atoms with van der Waals surface area (Å²) in [4.78, 5) is 36.2. The highest BCUT2D eigenvalue weighted by Gasteiger charge is 2.40. The van der Waals surface area contributed by atoms with Crippen LogP contribution < -0.4 is 4.90 Å². The Morgan fingerprint density at radius 3 is 2.69 bits per heavy atom. The van der Waals surface area contributed by atoms with Crippen molar-refractivity contribution >= 4 is 23.4 Å². The number of imidazole rings is 1. The smallest absolute Gasteiger partial charge is 0.330 e. The van der Waals surface area contributed by atoms with Gasteiger partial charge >= 0.3 is 12.0 Å². The summed E-state index contributed by atoms with van der Waals surface area (Å²) in [5, 5.41) is 0. The summed E-state index contributed by atoms with van der Waals surface area (Å²) in [5.41, 5.74) is 6.38. The summed E-state index contributed by atoms with van der Waals surface area (Å²) in [6, 6.07) is 14.7. The molecule has 2 aliphatic rings. The molecule has 9 heteroatoms. The van der Waals surface area contributed by atoms with Crippen LogP contribution in [-0.2, 0) is 16.1 Å². The highest BCUT2D eigenvalue weighted by atomic mass is 16.5. The highest BCUT2D eigenvalue weighted by molar-refractivity contribution is 5.99. The lowest BCUT2D eigenvalue weighted by molar-refractivity contribution is -0.144. The average Bonchev–Trinajstić information content (AvgIpc) is 3.60. The number of hydrogen-bond donors (Lipinski definition) is 0. The molecule has 178 valence electrons. The molecule has 1 saturated heterocycles. The highest BCUT2D eigenvalue weighted by Crippen LogP contribution is 2.36. The molecule has 4 heterocycles. The van der Waals surface area contributed by atoms with Gasteiger partial charge in [-0.05, 0) is 35.4 Å². The molecule has 2 aliphatic heterocycles. The lowest BCUT2D eigenvalue weighted by atomic mass is 10.1. The Morgan fingerprint density at radius 1 is 1.14 bits per heavy atom. The average molecular weight is 479 g/mol. The Bertz CT molecular complexity index is 1560. The number of hydrogen-bond acceptors (Lipinski definition) is 4. The second-order valence-corrected chi connectivity index (χ2v) is 8.88. The summed E-state index contributed by atoms with van der Waals surface area (Å²) in [6.45, 7) is 8.00. The van der Waals surface area contributed by atoms with Crippen LogP contribution >= 0.6 is 0 Å². The molecule has 0 spiro atoms. The van der Waals surface area contributed by atoms with Crippen molar-refractivity contribution in [3.8, 4) is 28.3 Å². The van der Waals surface area contributed by atoms with E-state index in [0.717, 1.165) is 39.6 Å². The van der Waals surface area contributed by atoms with Gasteiger partial charge in [-0.1, -0.05) is 24.3 Å². The third-order valence-corrected chi connectivity index (χ3v) is 6.90. The van der Waals surface area contributed by atoms with E-state index in [1.165, 1.54) is 12.0 Å². The van der Waals surface area contributed by atoms with Crippen molar-refractivity contribution in [1.29, 1.82) is 0 Å². The first kappa shape index (κ1) is 21.7. The molecule has 2 aromatic heterocycles. The number of fused-ring (bicyclic) bond motifs is 5. The predicted octanol–water partition coefficient (Wildman–Crippen LogP) is 4.33. The van der Waals surface area contributed by atoms with Gasteiger partial charge in [-0.15, -0.1) is 0 Å². The standard InChI is InChI=1S/C27H22N6O3/c1-28-20-6-4-17(5-7-20)18-13-23-25-29-10-11-32(25)22-9-8-21(12-19(22)15-31(23)14-18)33-16-24(26(34)36-3)30(2)27(33)35/h4-14,24H,15-16H2,2-3H3/t24-/m0/s1. The van der Waals surface area contributed by atoms with Crippen molar-refractivity contribution in [2.45, 2.75) is 12.6 Å². The fraction of sp³-hybridized carbons (Fsp3) is 0.185. The first-order valence-electron chi connectivity index (χ1n) is 11.5. The zero-order valence-corrected chi connectivity index (χ0v) is 19.8. The summed E-state index contributed by atoms with van der Waals surface area (Å²) in [6.07, 6.45) is 5.80. The van der Waals surface area contributed by atoms with Gasteiger partial charge in [0, 0.05) is 43.4 Å². The second-order valence-electron chi connectivity index (χ2n) is 8.88. The van der Waals surface area contributed by atoms with Gasteiger partial charge in [-0.25, -0.2) is 19.4 Å². The molecule has 0 saturated carbocycles. The Labute approximate surface area is 207 Å². The molecule has 36 heavy (non-hydrogen) atoms. The predicted molar refractivity (Wildman–Crippen MR) is 134 cm³/mol. The number of urea groups is 1. The van der Waals surface area contributed by atoms with Crippen LogP contribution in [0.3, 0.4) is 0 Å². The Morgan fingerprint density at radius 2 is 1.94 bits per heavy atom. The number of ether oxygens (including phenoxy) is 1. The van der Waals surface area contributed by atoms with Gasteiger partial charge in [0.25, 0.3) is 0 Å². The van der Waals surface area contributed by atoms with Crippen molar-refractivity contribution < 1.29 is 14.3 Å². The van der Waals surface area contributed by atoms with Crippen LogP contribution in [0.25, 0.3) is 33.2 Å². The molecule has 9 nitrogen and oxygen atoms in total. The Hall–Kier alpha value is -4.84. The van der Waals surface area contributed by atoms with E-state index in [1.54, 1.807) is 18.1 Å². The minimum Gasteiger partial charge on any atom is -0.467 e. The molecule has 4 aromatic rings. The maximum Gasteiger partial charge on any atom is 0.330 e. The zero-order chi connectivity index (χ0) is 25.0. The zero-order valence-electron chi connectivity index (χ0n) is 19.8. The molecule has 2 amide bonds. The minimum absolute atomic E-state index is 0.233. The van der Waals surface area contributed by atoms with Crippen molar-refractivity contribution in [2.75, 3.05) is 25.6 Å². The molecule has 0 radical (unpaired) electrons. The number of rotatable bonds is 3. The third-order valence-electron chi connectivity index (χ3n) is 6.90. The van der Waals surface area contributed by atoms with Gasteiger partial charge in [-0.3, -0.25) is 9.47 Å². The van der Waals surface area contributed by atoms with Gasteiger partial charge < -0.3 is 14.2 Å². The number of methoxy groups -OCH3 is 1. The molecule has 0 bridgehead atoms. The monoisotopic (exact) mass is 478 g/mol. The normalized spacial score (nSPS) is 16.1. The van der Waals surface area contributed by atoms with E-state index in [9.17, 15) is 9.59 Å². The number of likely N-dealkylation sites (N-methyl/N-ethyl adjacent to an activating group) is 1. The minimum atomic E-state index is -0.644. The number of benzene rings is 2. The lowest BCUT2D eigenvalue weighted by Crippen LogP contribution is -2.37. The van der Waals surface area contributed by atoms with Crippen LogP contribution in [-0.4, -0.2) is 57.8 Å². The van der Waals surface area contributed by atoms with Gasteiger partial charge in [0.15, 0.2) is 11.5 Å².